The Kier molecular flexibility index (Phi) is 20.9. The lowest BCUT2D eigenvalue weighted by Gasteiger charge is -2.35. The zero-order chi connectivity index (χ0) is 57.7. The van der Waals surface area contributed by atoms with Gasteiger partial charge in [0.25, 0.3) is 5.56 Å². The van der Waals surface area contributed by atoms with Crippen LogP contribution in [0.5, 0.6) is 17.2 Å². The van der Waals surface area contributed by atoms with Crippen LogP contribution in [-0.4, -0.2) is 183 Å². The number of fused-ring (bicyclic) bond motifs is 1. The maximum absolute atomic E-state index is 14.1. The second-order valence-corrected chi connectivity index (χ2v) is 22.7. The highest BCUT2D eigenvalue weighted by molar-refractivity contribution is 7.13. The molecule has 3 aromatic heterocycles. The average Bonchev–Trinajstić information content (AvgIpc) is 4.23. The number of piperazine rings is 1. The molecule has 21 nitrogen and oxygen atoms in total. The van der Waals surface area contributed by atoms with Crippen molar-refractivity contribution >= 4 is 39.8 Å². The minimum Gasteiger partial charge on any atom is -0.496 e. The Bertz CT molecular complexity index is 3050. The number of amides is 3. The number of nitriles is 1. The molecular weight excluding hydrogens is 1060 g/mol. The SMILES string of the molecule is COc1cc(-c2cn(C)c(=O)c3cnccc23)cc(OC)c1CN1CCN(CCOCCOCCOCCOCCOc2cc(-c3scnc3C)ccc2CNC(=O)C2CC(O)CN2C(=O)C(NC(=O)C2(C#N)CC2)C(C)(C)C)CC1. The van der Waals surface area contributed by atoms with Crippen LogP contribution < -0.4 is 30.4 Å². The van der Waals surface area contributed by atoms with Crippen LogP contribution in [0.2, 0.25) is 0 Å². The van der Waals surface area contributed by atoms with Crippen molar-refractivity contribution in [2.75, 3.05) is 113 Å². The first kappa shape index (κ1) is 60.5. The number of carbonyl (C=O) groups is 3. The van der Waals surface area contributed by atoms with Crippen LogP contribution in [0.25, 0.3) is 32.3 Å². The van der Waals surface area contributed by atoms with Gasteiger partial charge in [-0.1, -0.05) is 32.9 Å². The summed E-state index contributed by atoms with van der Waals surface area (Å²) < 4.78 is 42.8. The zero-order valence-electron chi connectivity index (χ0n) is 47.6. The van der Waals surface area contributed by atoms with E-state index in [0.29, 0.717) is 82.3 Å². The van der Waals surface area contributed by atoms with Crippen LogP contribution >= 0.6 is 11.3 Å². The first-order valence-corrected chi connectivity index (χ1v) is 28.5. The van der Waals surface area contributed by atoms with Gasteiger partial charge in [-0.2, -0.15) is 5.26 Å². The molecule has 1 saturated carbocycles. The summed E-state index contributed by atoms with van der Waals surface area (Å²) in [7, 11) is 5.08. The van der Waals surface area contributed by atoms with Gasteiger partial charge in [-0.05, 0) is 66.0 Å². The van der Waals surface area contributed by atoms with Crippen LogP contribution in [0.1, 0.15) is 56.9 Å². The molecule has 3 unspecified atom stereocenters. The highest BCUT2D eigenvalue weighted by Crippen LogP contribution is 2.45. The van der Waals surface area contributed by atoms with Crippen molar-refractivity contribution in [2.45, 2.75) is 78.2 Å². The number of ether oxygens (including phenoxy) is 7. The summed E-state index contributed by atoms with van der Waals surface area (Å²) in [5.41, 5.74) is 5.09. The number of β-amino-alcohol motifs (C(OH)–C–C–N with tert-alkyl or cyclic N) is 1. The summed E-state index contributed by atoms with van der Waals surface area (Å²) >= 11 is 1.52. The molecule has 81 heavy (non-hydrogen) atoms. The van der Waals surface area contributed by atoms with Gasteiger partial charge in [-0.3, -0.25) is 34.0 Å². The number of likely N-dealkylation sites (tertiary alicyclic amines) is 1. The van der Waals surface area contributed by atoms with Crippen molar-refractivity contribution in [3.05, 3.63) is 87.7 Å². The van der Waals surface area contributed by atoms with E-state index in [4.69, 9.17) is 33.2 Å². The molecule has 5 heterocycles. The molecule has 5 aromatic rings. The number of pyridine rings is 2. The van der Waals surface area contributed by atoms with E-state index in [2.05, 4.69) is 36.5 Å². The van der Waals surface area contributed by atoms with E-state index in [-0.39, 0.29) is 38.3 Å². The van der Waals surface area contributed by atoms with Crippen LogP contribution in [0.3, 0.4) is 0 Å². The maximum Gasteiger partial charge on any atom is 0.259 e. The lowest BCUT2D eigenvalue weighted by Crippen LogP contribution is -2.58. The van der Waals surface area contributed by atoms with Gasteiger partial charge in [0.2, 0.25) is 17.7 Å². The van der Waals surface area contributed by atoms with E-state index in [0.717, 1.165) is 82.4 Å². The molecule has 0 bridgehead atoms. The molecule has 3 aliphatic rings. The number of thiazole rings is 1. The predicted molar refractivity (Wildman–Crippen MR) is 305 cm³/mol. The lowest BCUT2D eigenvalue weighted by molar-refractivity contribution is -0.144. The number of rotatable bonds is 28. The highest BCUT2D eigenvalue weighted by atomic mass is 32.1. The lowest BCUT2D eigenvalue weighted by atomic mass is 9.85. The number of aryl methyl sites for hydroxylation is 2. The van der Waals surface area contributed by atoms with Crippen LogP contribution in [-0.2, 0) is 53.5 Å². The molecule has 8 rings (SSSR count). The molecule has 0 radical (unpaired) electrons. The van der Waals surface area contributed by atoms with E-state index < -0.39 is 46.7 Å². The molecule has 2 saturated heterocycles. The molecule has 0 spiro atoms. The number of methoxy groups -OCH3 is 2. The number of benzene rings is 2. The molecule has 3 N–H and O–H groups in total. The van der Waals surface area contributed by atoms with Gasteiger partial charge in [0.05, 0.1) is 106 Å². The van der Waals surface area contributed by atoms with Gasteiger partial charge >= 0.3 is 0 Å². The third-order valence-corrected chi connectivity index (χ3v) is 16.1. The number of hydrogen-bond acceptors (Lipinski definition) is 18. The number of nitrogens with one attached hydrogen (secondary N) is 2. The Morgan fingerprint density at radius 3 is 2.10 bits per heavy atom. The molecular formula is C59H77N9O12S. The van der Waals surface area contributed by atoms with E-state index in [9.17, 15) is 29.5 Å². The highest BCUT2D eigenvalue weighted by Gasteiger charge is 2.53. The zero-order valence-corrected chi connectivity index (χ0v) is 48.4. The van der Waals surface area contributed by atoms with Crippen LogP contribution in [0, 0.1) is 29.1 Å². The number of hydrogen-bond donors (Lipinski definition) is 3. The summed E-state index contributed by atoms with van der Waals surface area (Å²) in [6.45, 7) is 16.2. The third kappa shape index (κ3) is 15.3. The molecule has 436 valence electrons. The van der Waals surface area contributed by atoms with Crippen molar-refractivity contribution in [2.24, 2.45) is 17.9 Å². The first-order valence-electron chi connectivity index (χ1n) is 27.6. The van der Waals surface area contributed by atoms with Crippen molar-refractivity contribution in [3.8, 4) is 44.9 Å². The van der Waals surface area contributed by atoms with Gasteiger partial charge in [-0.15, -0.1) is 11.3 Å². The number of nitrogens with zero attached hydrogens (tertiary/aromatic N) is 7. The first-order chi connectivity index (χ1) is 39.0. The van der Waals surface area contributed by atoms with Crippen molar-refractivity contribution in [1.82, 2.24) is 39.9 Å². The second kappa shape index (κ2) is 27.9. The molecule has 3 atom stereocenters. The van der Waals surface area contributed by atoms with E-state index in [1.54, 1.807) is 43.7 Å². The van der Waals surface area contributed by atoms with Gasteiger partial charge < -0.3 is 58.4 Å². The van der Waals surface area contributed by atoms with Gasteiger partial charge in [0.15, 0.2) is 0 Å². The Morgan fingerprint density at radius 2 is 1.49 bits per heavy atom. The van der Waals surface area contributed by atoms with Gasteiger partial charge in [-0.25, -0.2) is 4.98 Å². The van der Waals surface area contributed by atoms with Gasteiger partial charge in [0, 0.05) is 95.5 Å². The molecule has 1 aliphatic carbocycles. The standard InChI is InChI=1S/C59H77N9O12S/c1-39-52(81-38-63-39)40-8-9-41(32-62-54(70)48-31-43(69)34-68(48)56(72)53(58(2,3)4)64-57(73)59(37-60)11-12-59)49(28-40)80-27-26-79-25-24-78-23-22-77-21-20-76-19-18-66-14-16-67(17-15-66)36-47-50(74-6)29-42(30-51(47)75-7)46-35-65(5)55(71)45-33-61-13-10-44(45)46/h8-10,13,28-30,33,35,38,43,48,53,69H,11-12,14-27,31-32,34,36H2,1-7H3,(H,62,70)(H,64,73). The minimum absolute atomic E-state index is 0.0384. The van der Waals surface area contributed by atoms with Gasteiger partial charge in [0.1, 0.15) is 41.4 Å². The predicted octanol–water partition coefficient (Wildman–Crippen LogP) is 4.73. The number of aliphatic hydroxyl groups excluding tert-OH is 1. The topological polar surface area (TPSA) is 241 Å². The van der Waals surface area contributed by atoms with E-state index in [1.165, 1.54) is 16.2 Å². The molecule has 22 heteroatoms. The summed E-state index contributed by atoms with van der Waals surface area (Å²) in [4.78, 5) is 69.5. The average molecular weight is 1140 g/mol. The molecule has 3 fully saturated rings. The second-order valence-electron chi connectivity index (χ2n) is 21.8. The van der Waals surface area contributed by atoms with Crippen molar-refractivity contribution in [1.29, 1.82) is 5.26 Å². The summed E-state index contributed by atoms with van der Waals surface area (Å²) in [5, 5.41) is 27.4. The number of carbonyl (C=O) groups excluding carboxylic acids is 3. The summed E-state index contributed by atoms with van der Waals surface area (Å²) in [6, 6.07) is 11.7. The fraction of sp³-hybridized carbons (Fsp3) is 0.542. The minimum atomic E-state index is -1.13. The molecule has 2 aromatic carbocycles. The number of aliphatic hydroxyl groups is 1. The smallest absolute Gasteiger partial charge is 0.259 e. The van der Waals surface area contributed by atoms with E-state index in [1.807, 2.05) is 70.3 Å². The summed E-state index contributed by atoms with van der Waals surface area (Å²) in [5.74, 6) is 0.586. The number of aromatic nitrogens is 3. The van der Waals surface area contributed by atoms with E-state index >= 15 is 0 Å². The summed E-state index contributed by atoms with van der Waals surface area (Å²) in [6.07, 6.45) is 5.12. The maximum atomic E-state index is 14.1. The Balaban J connectivity index is 0.698. The van der Waals surface area contributed by atoms with Crippen molar-refractivity contribution in [3.63, 3.8) is 0 Å². The molecule has 3 amide bonds. The monoisotopic (exact) mass is 1140 g/mol. The quantitative estimate of drug-likeness (QED) is 0.0574. The van der Waals surface area contributed by atoms with Crippen molar-refractivity contribution < 1.29 is 52.6 Å². The Morgan fingerprint density at radius 1 is 0.864 bits per heavy atom. The fourth-order valence-electron chi connectivity index (χ4n) is 10.2. The molecule has 2 aliphatic heterocycles. The largest absolute Gasteiger partial charge is 0.496 e. The Hall–Kier alpha value is -6.55. The Labute approximate surface area is 477 Å². The van der Waals surface area contributed by atoms with Crippen LogP contribution in [0.4, 0.5) is 0 Å². The van der Waals surface area contributed by atoms with Crippen LogP contribution in [0.15, 0.2) is 65.3 Å². The third-order valence-electron chi connectivity index (χ3n) is 15.1. The normalized spacial score (nSPS) is 17.6. The fourth-order valence-corrected chi connectivity index (χ4v) is 11.0.